The molecule has 0 radical (unpaired) electrons. The van der Waals surface area contributed by atoms with Crippen LogP contribution in [-0.4, -0.2) is 41.5 Å². The minimum atomic E-state index is -5.08. The van der Waals surface area contributed by atoms with Gasteiger partial charge in [-0.05, 0) is 18.6 Å². The van der Waals surface area contributed by atoms with Gasteiger partial charge in [-0.3, -0.25) is 0 Å². The second kappa shape index (κ2) is 10.3. The van der Waals surface area contributed by atoms with Gasteiger partial charge in [0.05, 0.1) is 34.8 Å². The van der Waals surface area contributed by atoms with Gasteiger partial charge in [0, 0.05) is 29.5 Å². The summed E-state index contributed by atoms with van der Waals surface area (Å²) in [5.74, 6) is -1.74. The van der Waals surface area contributed by atoms with Gasteiger partial charge in [-0.15, -0.1) is 11.3 Å². The van der Waals surface area contributed by atoms with E-state index in [1.54, 1.807) is 17.6 Å². The molecule has 0 amide bonds. The van der Waals surface area contributed by atoms with Gasteiger partial charge in [0.1, 0.15) is 16.4 Å². The summed E-state index contributed by atoms with van der Waals surface area (Å²) in [6, 6.07) is 5.53. The molecule has 32 heavy (non-hydrogen) atoms. The van der Waals surface area contributed by atoms with Crippen molar-refractivity contribution in [2.24, 2.45) is 5.73 Å². The van der Waals surface area contributed by atoms with Crippen molar-refractivity contribution in [3.8, 4) is 0 Å². The molecule has 0 unspecified atom stereocenters. The Bertz CT molecular complexity index is 1080. The van der Waals surface area contributed by atoms with E-state index in [2.05, 4.69) is 10.3 Å². The van der Waals surface area contributed by atoms with Crippen molar-refractivity contribution in [2.45, 2.75) is 31.1 Å². The fourth-order valence-electron chi connectivity index (χ4n) is 3.08. The second-order valence-corrected chi connectivity index (χ2v) is 8.64. The van der Waals surface area contributed by atoms with E-state index < -0.39 is 12.1 Å². The van der Waals surface area contributed by atoms with Crippen LogP contribution in [0.1, 0.15) is 23.0 Å². The largest absolute Gasteiger partial charge is 0.490 e. The molecule has 7 nitrogen and oxygen atoms in total. The molecule has 3 aromatic heterocycles. The van der Waals surface area contributed by atoms with Crippen molar-refractivity contribution in [2.75, 3.05) is 18.5 Å². The zero-order valence-corrected chi connectivity index (χ0v) is 18.6. The lowest BCUT2D eigenvalue weighted by atomic mass is 9.94. The molecule has 1 aliphatic rings. The van der Waals surface area contributed by atoms with Crippen LogP contribution in [-0.2, 0) is 16.1 Å². The van der Waals surface area contributed by atoms with Crippen LogP contribution < -0.4 is 11.1 Å². The number of furan rings is 1. The molecule has 13 heteroatoms. The van der Waals surface area contributed by atoms with Crippen LogP contribution >= 0.6 is 34.5 Å². The van der Waals surface area contributed by atoms with Gasteiger partial charge >= 0.3 is 12.1 Å². The zero-order chi connectivity index (χ0) is 23.5. The quantitative estimate of drug-likeness (QED) is 0.409. The Morgan fingerprint density at radius 1 is 1.41 bits per heavy atom. The zero-order valence-electron chi connectivity index (χ0n) is 16.3. The maximum absolute atomic E-state index is 10.6. The van der Waals surface area contributed by atoms with Crippen molar-refractivity contribution < 1.29 is 32.2 Å². The number of carbonyl (C=O) groups is 1. The van der Waals surface area contributed by atoms with Crippen molar-refractivity contribution >= 4 is 56.4 Å². The number of pyridine rings is 1. The lowest BCUT2D eigenvalue weighted by molar-refractivity contribution is -0.192. The van der Waals surface area contributed by atoms with Gasteiger partial charge in [0.2, 0.25) is 0 Å². The smallest absolute Gasteiger partial charge is 0.475 e. The van der Waals surface area contributed by atoms with Gasteiger partial charge in [0.25, 0.3) is 0 Å². The summed E-state index contributed by atoms with van der Waals surface area (Å²) in [5.41, 5.74) is 7.85. The van der Waals surface area contributed by atoms with E-state index in [1.807, 2.05) is 18.2 Å². The van der Waals surface area contributed by atoms with E-state index in [0.29, 0.717) is 29.9 Å². The third kappa shape index (κ3) is 5.84. The summed E-state index contributed by atoms with van der Waals surface area (Å²) < 4.78 is 43.5. The summed E-state index contributed by atoms with van der Waals surface area (Å²) in [5, 5.41) is 11.5. The first-order valence-electron chi connectivity index (χ1n) is 9.26. The Labute approximate surface area is 194 Å². The van der Waals surface area contributed by atoms with Gasteiger partial charge in [-0.2, -0.15) is 13.2 Å². The van der Waals surface area contributed by atoms with Crippen LogP contribution in [0, 0.1) is 0 Å². The number of nitrogens with zero attached hydrogens (tertiary/aromatic N) is 1. The number of aliphatic carboxylic acids is 1. The number of rotatable bonds is 4. The van der Waals surface area contributed by atoms with Gasteiger partial charge in [0.15, 0.2) is 0 Å². The minimum Gasteiger partial charge on any atom is -0.475 e. The van der Waals surface area contributed by atoms with Crippen LogP contribution in [0.15, 0.2) is 28.9 Å². The molecule has 1 fully saturated rings. The molecule has 4 rings (SSSR count). The molecule has 2 atom stereocenters. The van der Waals surface area contributed by atoms with Crippen LogP contribution in [0.25, 0.3) is 10.2 Å². The fourth-order valence-corrected chi connectivity index (χ4v) is 5.05. The van der Waals surface area contributed by atoms with E-state index in [9.17, 15) is 13.2 Å². The molecule has 1 aliphatic heterocycles. The summed E-state index contributed by atoms with van der Waals surface area (Å²) in [7, 11) is 0. The average molecular weight is 512 g/mol. The Hall–Kier alpha value is -2.05. The molecular formula is C19H18Cl2F3N3O4S. The van der Waals surface area contributed by atoms with Crippen molar-refractivity contribution in [3.05, 3.63) is 45.3 Å². The van der Waals surface area contributed by atoms with E-state index in [0.717, 1.165) is 33.0 Å². The average Bonchev–Trinajstić information content (AvgIpc) is 3.35. The van der Waals surface area contributed by atoms with Crippen LogP contribution in [0.5, 0.6) is 0 Å². The molecule has 0 aliphatic carbocycles. The number of aromatic nitrogens is 1. The topological polar surface area (TPSA) is 111 Å². The number of carboxylic acids is 1. The number of hydrogen-bond donors (Lipinski definition) is 3. The first-order valence-corrected chi connectivity index (χ1v) is 10.8. The highest BCUT2D eigenvalue weighted by molar-refractivity contribution is 7.20. The highest BCUT2D eigenvalue weighted by Gasteiger charge is 2.38. The third-order valence-electron chi connectivity index (χ3n) is 4.59. The number of hydrogen-bond acceptors (Lipinski definition) is 7. The van der Waals surface area contributed by atoms with Gasteiger partial charge < -0.3 is 25.3 Å². The monoisotopic (exact) mass is 511 g/mol. The Balaban J connectivity index is 0.000000360. The minimum absolute atomic E-state index is 0.0608. The second-order valence-electron chi connectivity index (χ2n) is 6.82. The molecule has 4 N–H and O–H groups in total. The molecule has 0 aromatic carbocycles. The van der Waals surface area contributed by atoms with E-state index in [1.165, 1.54) is 0 Å². The third-order valence-corrected chi connectivity index (χ3v) is 6.62. The SMILES string of the molecule is N[C@@H]1COCC[C@H]1c1sc2c(NCc3ccco3)cc(Cl)nc2c1Cl.O=C(O)C(F)(F)F. The van der Waals surface area contributed by atoms with Gasteiger partial charge in [-0.25, -0.2) is 9.78 Å². The van der Waals surface area contributed by atoms with E-state index >= 15 is 0 Å². The Morgan fingerprint density at radius 2 is 2.12 bits per heavy atom. The van der Waals surface area contributed by atoms with Crippen LogP contribution in [0.4, 0.5) is 18.9 Å². The summed E-state index contributed by atoms with van der Waals surface area (Å²) in [4.78, 5) is 14.4. The number of alkyl halides is 3. The number of halogens is 5. The maximum Gasteiger partial charge on any atom is 0.490 e. The molecular weight excluding hydrogens is 494 g/mol. The maximum atomic E-state index is 10.6. The Morgan fingerprint density at radius 3 is 2.72 bits per heavy atom. The Kier molecular flexibility index (Phi) is 7.88. The predicted molar refractivity (Wildman–Crippen MR) is 116 cm³/mol. The number of anilines is 1. The standard InChI is InChI=1S/C17H17Cl2N3O2S.C2HF3O2/c18-13-6-12(21-7-9-2-1-4-24-9)17-15(22-13)14(19)16(25-17)10-3-5-23-8-11(10)20;3-2(4,5)1(6)7/h1-2,4,6,10-11H,3,5,7-8,20H2,(H,21,22);(H,6,7)/t10-,11-;/m1./s1. The molecule has 3 aromatic rings. The highest BCUT2D eigenvalue weighted by Crippen LogP contribution is 2.45. The van der Waals surface area contributed by atoms with Crippen molar-refractivity contribution in [3.63, 3.8) is 0 Å². The first kappa shape index (κ1) is 24.6. The number of ether oxygens (including phenoxy) is 1. The van der Waals surface area contributed by atoms with Gasteiger partial charge in [-0.1, -0.05) is 23.2 Å². The number of thiophene rings is 1. The van der Waals surface area contributed by atoms with E-state index in [4.69, 9.17) is 48.0 Å². The lowest BCUT2D eigenvalue weighted by Gasteiger charge is -2.28. The van der Waals surface area contributed by atoms with Crippen molar-refractivity contribution in [1.29, 1.82) is 0 Å². The molecule has 0 bridgehead atoms. The molecule has 1 saturated heterocycles. The normalized spacial score (nSPS) is 18.8. The highest BCUT2D eigenvalue weighted by atomic mass is 35.5. The predicted octanol–water partition coefficient (Wildman–Crippen LogP) is 5.27. The first-order chi connectivity index (χ1) is 15.1. The fraction of sp³-hybridized carbons (Fsp3) is 0.368. The number of fused-ring (bicyclic) bond motifs is 1. The van der Waals surface area contributed by atoms with E-state index in [-0.39, 0.29) is 12.0 Å². The summed E-state index contributed by atoms with van der Waals surface area (Å²) in [6.07, 6.45) is -2.57. The van der Waals surface area contributed by atoms with Crippen molar-refractivity contribution in [1.82, 2.24) is 4.98 Å². The lowest BCUT2D eigenvalue weighted by Crippen LogP contribution is -2.37. The van der Waals surface area contributed by atoms with Crippen LogP contribution in [0.3, 0.4) is 0 Å². The number of nitrogens with one attached hydrogen (secondary N) is 1. The number of carboxylic acid groups (broad SMARTS) is 1. The molecule has 0 spiro atoms. The molecule has 174 valence electrons. The molecule has 4 heterocycles. The summed E-state index contributed by atoms with van der Waals surface area (Å²) >= 11 is 14.5. The van der Waals surface area contributed by atoms with Crippen LogP contribution in [0.2, 0.25) is 10.2 Å². The molecule has 0 saturated carbocycles. The summed E-state index contributed by atoms with van der Waals surface area (Å²) in [6.45, 7) is 1.80. The number of nitrogens with two attached hydrogens (primary N) is 1.